The molecule has 0 atom stereocenters. The number of hydrogen-bond acceptors (Lipinski definition) is 4. The zero-order valence-electron chi connectivity index (χ0n) is 59.7. The highest BCUT2D eigenvalue weighted by Crippen LogP contribution is 2.53. The van der Waals surface area contributed by atoms with Gasteiger partial charge in [0.1, 0.15) is 24.0 Å². The minimum Gasteiger partial charge on any atom is -0.457 e. The quantitative estimate of drug-likeness (QED) is 0.144. The lowest BCUT2D eigenvalue weighted by molar-refractivity contribution is 0.332. The maximum Gasteiger partial charge on any atom is 0.137 e. The van der Waals surface area contributed by atoms with Crippen LogP contribution >= 0.6 is 0 Å². The number of nitrogens with zero attached hydrogens (tertiary/aromatic N) is 4. The Morgan fingerprint density at radius 2 is 1.17 bits per heavy atom. The van der Waals surface area contributed by atoms with Gasteiger partial charge in [0.05, 0.1) is 44.5 Å². The van der Waals surface area contributed by atoms with Gasteiger partial charge in [-0.25, -0.2) is 4.98 Å². The largest absolute Gasteiger partial charge is 0.457 e. The van der Waals surface area contributed by atoms with Gasteiger partial charge in [0.2, 0.25) is 0 Å². The highest BCUT2D eigenvalue weighted by Gasteiger charge is 2.38. The Morgan fingerprint density at radius 3 is 1.93 bits per heavy atom. The minimum absolute atomic E-state index is 0.0254. The summed E-state index contributed by atoms with van der Waals surface area (Å²) in [7, 11) is 0. The molecule has 3 heterocycles. The normalized spacial score (nSPS) is 16.9. The van der Waals surface area contributed by atoms with Crippen LogP contribution in [0.1, 0.15) is 121 Å². The van der Waals surface area contributed by atoms with E-state index in [0.717, 1.165) is 57.7 Å². The molecular formula is C76H72N4O. The molecule has 0 radical (unpaired) electrons. The van der Waals surface area contributed by atoms with Crippen LogP contribution in [0.15, 0.2) is 218 Å². The number of anilines is 4. The number of hydrogen-bond donors (Lipinski definition) is 0. The lowest BCUT2D eigenvalue weighted by Gasteiger charge is -2.42. The van der Waals surface area contributed by atoms with Crippen molar-refractivity contribution in [3.63, 3.8) is 0 Å². The first-order valence-electron chi connectivity index (χ1n) is 33.9. The third-order valence-electron chi connectivity index (χ3n) is 16.5. The zero-order chi connectivity index (χ0) is 66.4. The van der Waals surface area contributed by atoms with Gasteiger partial charge in [0.25, 0.3) is 0 Å². The number of rotatable bonds is 9. The Labute approximate surface area is 496 Å². The van der Waals surface area contributed by atoms with Gasteiger partial charge in [0, 0.05) is 51.5 Å². The number of pyridine rings is 1. The van der Waals surface area contributed by atoms with E-state index in [9.17, 15) is 9.60 Å². The Bertz CT molecular complexity index is 4920. The molecule has 5 nitrogen and oxygen atoms in total. The smallest absolute Gasteiger partial charge is 0.137 e. The molecule has 0 unspecified atom stereocenters. The van der Waals surface area contributed by atoms with E-state index in [4.69, 9.17) is 16.6 Å². The molecule has 0 bridgehead atoms. The fraction of sp³-hybridized carbons (Fsp3) is 0.224. The summed E-state index contributed by atoms with van der Waals surface area (Å²) in [6.07, 6.45) is 3.85. The van der Waals surface area contributed by atoms with E-state index in [1.54, 1.807) is 26.8 Å². The van der Waals surface area contributed by atoms with Crippen LogP contribution in [0.2, 0.25) is 0 Å². The lowest BCUT2D eigenvalue weighted by atomic mass is 9.63. The fourth-order valence-electron chi connectivity index (χ4n) is 12.0. The molecule has 2 aromatic heterocycles. The van der Waals surface area contributed by atoms with Crippen LogP contribution in [-0.2, 0) is 21.7 Å². The minimum atomic E-state index is -0.813. The molecule has 11 aromatic rings. The van der Waals surface area contributed by atoms with E-state index in [-0.39, 0.29) is 93.5 Å². The maximum atomic E-state index is 9.93. The van der Waals surface area contributed by atoms with Crippen LogP contribution in [0.4, 0.5) is 22.7 Å². The first-order chi connectivity index (χ1) is 43.9. The van der Waals surface area contributed by atoms with Crippen molar-refractivity contribution in [2.24, 2.45) is 0 Å². The summed E-state index contributed by atoms with van der Waals surface area (Å²) in [4.78, 5) is 9.35. The monoisotopic (exact) mass is 1070 g/mol. The highest BCUT2D eigenvalue weighted by atomic mass is 16.5. The summed E-state index contributed by atoms with van der Waals surface area (Å²) >= 11 is 0. The molecule has 2 aliphatic rings. The Hall–Kier alpha value is -8.67. The number of ether oxygens (including phenoxy) is 1. The van der Waals surface area contributed by atoms with Crippen LogP contribution in [0, 0.1) is 0 Å². The predicted molar refractivity (Wildman–Crippen MR) is 342 cm³/mol. The third kappa shape index (κ3) is 9.37. The van der Waals surface area contributed by atoms with Gasteiger partial charge in [-0.05, 0) is 133 Å². The van der Waals surface area contributed by atoms with Gasteiger partial charge in [-0.1, -0.05) is 221 Å². The molecular weight excluding hydrogens is 985 g/mol. The molecule has 0 saturated carbocycles. The maximum absolute atomic E-state index is 9.93. The van der Waals surface area contributed by atoms with Crippen molar-refractivity contribution < 1.29 is 21.2 Å². The summed E-state index contributed by atoms with van der Waals surface area (Å²) in [5.74, 6) is 1.43. The second-order valence-corrected chi connectivity index (χ2v) is 25.0. The number of fused-ring (bicyclic) bond motifs is 5. The van der Waals surface area contributed by atoms with E-state index in [0.29, 0.717) is 50.4 Å². The van der Waals surface area contributed by atoms with Crippen molar-refractivity contribution in [3.05, 3.63) is 240 Å². The molecule has 0 fully saturated rings. The standard InChI is InChI=1S/C76H72N4O/c1-73(2,3)55-24-18-23-53(43-55)50-33-35-52(36-34-50)59-28-20-29-60(54-37-40-64-66(44-54)76(9,10)42-41-75(64,7)8)72(59)79-49-78(68-31-16-17-32-69(68)79)56-25-19-26-57(45-56)81-58-38-39-62-61-27-14-15-30-67(61)80(70(62)46-58)71-47-65(74(4,5)6)63(48-77-71)51-21-12-11-13-22-51/h11-40,43-48H,41-42,49H2,1-10H3/i14D,15D,18D,23D,24D,27D,30D,33D,34D,35D,36D,43D. The Balaban J connectivity index is 0.950. The summed E-state index contributed by atoms with van der Waals surface area (Å²) in [5, 5.41) is 0.970. The second-order valence-electron chi connectivity index (χ2n) is 25.0. The van der Waals surface area contributed by atoms with Crippen LogP contribution in [0.25, 0.3) is 72.1 Å². The third-order valence-corrected chi connectivity index (χ3v) is 16.5. The molecule has 5 heteroatoms. The van der Waals surface area contributed by atoms with Crippen molar-refractivity contribution in [3.8, 4) is 61.8 Å². The molecule has 1 aliphatic heterocycles. The summed E-state index contributed by atoms with van der Waals surface area (Å²) in [5.41, 5.74) is 9.87. The van der Waals surface area contributed by atoms with Crippen molar-refractivity contribution in [1.29, 1.82) is 0 Å². The van der Waals surface area contributed by atoms with Crippen molar-refractivity contribution in [2.75, 3.05) is 16.5 Å². The molecule has 13 rings (SSSR count). The van der Waals surface area contributed by atoms with E-state index in [1.807, 2.05) is 126 Å². The van der Waals surface area contributed by atoms with Crippen molar-refractivity contribution in [1.82, 2.24) is 9.55 Å². The van der Waals surface area contributed by atoms with Crippen molar-refractivity contribution in [2.45, 2.75) is 104 Å². The van der Waals surface area contributed by atoms with Crippen LogP contribution in [0.3, 0.4) is 0 Å². The van der Waals surface area contributed by atoms with E-state index in [2.05, 4.69) is 76.5 Å². The average Bonchev–Trinajstić information content (AvgIpc) is 1.70. The molecule has 0 saturated heterocycles. The van der Waals surface area contributed by atoms with E-state index >= 15 is 0 Å². The molecule has 0 amide bonds. The van der Waals surface area contributed by atoms with Crippen LogP contribution in [-0.4, -0.2) is 16.2 Å². The molecule has 9 aromatic carbocycles. The zero-order valence-corrected chi connectivity index (χ0v) is 47.7. The Kier molecular flexibility index (Phi) is 9.57. The molecule has 1 aliphatic carbocycles. The van der Waals surface area contributed by atoms with Crippen molar-refractivity contribution >= 4 is 44.6 Å². The number of para-hydroxylation sites is 4. The van der Waals surface area contributed by atoms with Gasteiger partial charge < -0.3 is 14.5 Å². The first-order valence-corrected chi connectivity index (χ1v) is 27.9. The van der Waals surface area contributed by atoms with Gasteiger partial charge in [-0.2, -0.15) is 0 Å². The predicted octanol–water partition coefficient (Wildman–Crippen LogP) is 20.8. The highest BCUT2D eigenvalue weighted by molar-refractivity contribution is 6.09. The summed E-state index contributed by atoms with van der Waals surface area (Å²) < 4.78 is 120. The molecule has 0 N–H and O–H groups in total. The molecule has 81 heavy (non-hydrogen) atoms. The van der Waals surface area contributed by atoms with Gasteiger partial charge in [0.15, 0.2) is 0 Å². The summed E-state index contributed by atoms with van der Waals surface area (Å²) in [6.45, 7) is 21.2. The van der Waals surface area contributed by atoms with Crippen LogP contribution < -0.4 is 14.5 Å². The van der Waals surface area contributed by atoms with Crippen LogP contribution in [0.5, 0.6) is 11.5 Å². The molecule has 402 valence electrons. The van der Waals surface area contributed by atoms with Gasteiger partial charge in [-0.3, -0.25) is 4.57 Å². The lowest BCUT2D eigenvalue weighted by Crippen LogP contribution is -2.33. The first kappa shape index (κ1) is 39.7. The number of benzene rings is 9. The second kappa shape index (κ2) is 19.6. The fourth-order valence-corrected chi connectivity index (χ4v) is 12.0. The van der Waals surface area contributed by atoms with Gasteiger partial charge >= 0.3 is 0 Å². The Morgan fingerprint density at radius 1 is 0.494 bits per heavy atom. The molecule has 0 spiro atoms. The number of aromatic nitrogens is 2. The van der Waals surface area contributed by atoms with Gasteiger partial charge in [-0.15, -0.1) is 0 Å². The summed E-state index contributed by atoms with van der Waals surface area (Å²) in [6, 6.07) is 41.5. The van der Waals surface area contributed by atoms with E-state index in [1.165, 1.54) is 11.1 Å². The van der Waals surface area contributed by atoms with E-state index < -0.39 is 29.6 Å². The topological polar surface area (TPSA) is 33.5 Å². The average molecular weight is 1070 g/mol. The SMILES string of the molecule is [2H]c1c([2H])c(-c2c([2H])c([2H])c(-c3cccc(-c4ccc5c(c4)C(C)(C)CCC5(C)C)c3N3CN(c4cccc(Oc5ccc6c7c([2H])c([2H])c([2H])c([2H])c7n(-c7cc(C(C)(C)C)c(-c8ccccc8)cn7)c6c5)c4)c4ccccc43)c([2H])c2[2H])c([2H])c(C(C)(C)C)c1[2H].